The SMILES string of the molecule is CCn1c(=O)n(-c2nnc(C(F)F)s2)c2ccc(F)cc21. The molecule has 3 aromatic rings. The fourth-order valence-corrected chi connectivity index (χ4v) is 2.83. The van der Waals surface area contributed by atoms with Gasteiger partial charge in [0.05, 0.1) is 11.0 Å². The predicted molar refractivity (Wildman–Crippen MR) is 71.6 cm³/mol. The summed E-state index contributed by atoms with van der Waals surface area (Å²) in [5.74, 6) is -0.479. The first-order valence-electron chi connectivity index (χ1n) is 6.05. The molecule has 3 rings (SSSR count). The van der Waals surface area contributed by atoms with Gasteiger partial charge in [-0.15, -0.1) is 10.2 Å². The molecule has 0 aliphatic carbocycles. The third-order valence-corrected chi connectivity index (χ3v) is 3.93. The Kier molecular flexibility index (Phi) is 3.28. The van der Waals surface area contributed by atoms with Gasteiger partial charge in [0.25, 0.3) is 6.43 Å². The third kappa shape index (κ3) is 2.13. The molecular formula is C12H9F3N4OS. The van der Waals surface area contributed by atoms with Gasteiger partial charge in [0.2, 0.25) is 5.13 Å². The van der Waals surface area contributed by atoms with Crippen molar-refractivity contribution in [1.82, 2.24) is 19.3 Å². The van der Waals surface area contributed by atoms with Crippen LogP contribution < -0.4 is 5.69 Å². The molecule has 110 valence electrons. The first kappa shape index (κ1) is 13.8. The first-order chi connectivity index (χ1) is 10.0. The number of fused-ring (bicyclic) bond motifs is 1. The van der Waals surface area contributed by atoms with Crippen LogP contribution in [-0.4, -0.2) is 19.3 Å². The molecule has 0 saturated carbocycles. The van der Waals surface area contributed by atoms with Gasteiger partial charge < -0.3 is 0 Å². The van der Waals surface area contributed by atoms with E-state index in [9.17, 15) is 18.0 Å². The summed E-state index contributed by atoms with van der Waals surface area (Å²) in [6.07, 6.45) is -2.75. The molecular weight excluding hydrogens is 305 g/mol. The fourth-order valence-electron chi connectivity index (χ4n) is 2.12. The highest BCUT2D eigenvalue weighted by molar-refractivity contribution is 7.13. The van der Waals surface area contributed by atoms with Gasteiger partial charge in [0, 0.05) is 6.54 Å². The molecule has 0 bridgehead atoms. The largest absolute Gasteiger partial charge is 0.335 e. The van der Waals surface area contributed by atoms with Crippen LogP contribution in [0.2, 0.25) is 0 Å². The molecule has 5 nitrogen and oxygen atoms in total. The second-order valence-electron chi connectivity index (χ2n) is 4.22. The Morgan fingerprint density at radius 3 is 2.67 bits per heavy atom. The van der Waals surface area contributed by atoms with E-state index in [1.54, 1.807) is 6.92 Å². The van der Waals surface area contributed by atoms with E-state index in [2.05, 4.69) is 10.2 Å². The molecule has 0 spiro atoms. The average molecular weight is 314 g/mol. The first-order valence-corrected chi connectivity index (χ1v) is 6.87. The molecule has 0 N–H and O–H groups in total. The van der Waals surface area contributed by atoms with E-state index in [4.69, 9.17) is 0 Å². The van der Waals surface area contributed by atoms with Gasteiger partial charge in [0.1, 0.15) is 5.82 Å². The zero-order chi connectivity index (χ0) is 15.1. The van der Waals surface area contributed by atoms with Crippen molar-refractivity contribution in [2.45, 2.75) is 19.9 Å². The highest BCUT2D eigenvalue weighted by Gasteiger charge is 2.20. The highest BCUT2D eigenvalue weighted by atomic mass is 32.1. The molecule has 1 aromatic carbocycles. The van der Waals surface area contributed by atoms with Gasteiger partial charge in [-0.1, -0.05) is 11.3 Å². The molecule has 2 aromatic heterocycles. The summed E-state index contributed by atoms with van der Waals surface area (Å²) in [4.78, 5) is 12.4. The second kappa shape index (κ2) is 4.99. The number of benzene rings is 1. The number of imidazole rings is 1. The summed E-state index contributed by atoms with van der Waals surface area (Å²) in [6, 6.07) is 3.85. The van der Waals surface area contributed by atoms with Gasteiger partial charge in [-0.25, -0.2) is 22.5 Å². The Balaban J connectivity index is 2.31. The molecule has 2 heterocycles. The fraction of sp³-hybridized carbons (Fsp3) is 0.250. The smallest absolute Gasteiger partial charge is 0.292 e. The minimum atomic E-state index is -2.75. The lowest BCUT2D eigenvalue weighted by atomic mass is 10.3. The standard InChI is InChI=1S/C12H9F3N4OS/c1-2-18-8-5-6(13)3-4-7(8)19(12(18)20)11-17-16-10(21-11)9(14)15/h3-5,9H,2H2,1H3. The number of alkyl halides is 2. The lowest BCUT2D eigenvalue weighted by molar-refractivity contribution is 0.150. The number of rotatable bonds is 3. The molecule has 0 atom stereocenters. The number of hydrogen-bond acceptors (Lipinski definition) is 4. The monoisotopic (exact) mass is 314 g/mol. The predicted octanol–water partition coefficient (Wildman–Crippen LogP) is 2.74. The van der Waals surface area contributed by atoms with E-state index >= 15 is 0 Å². The number of halogens is 3. The Hall–Kier alpha value is -2.16. The van der Waals surface area contributed by atoms with Gasteiger partial charge in [0.15, 0.2) is 5.01 Å². The minimum absolute atomic E-state index is 0.0408. The van der Waals surface area contributed by atoms with Crippen LogP contribution in [0, 0.1) is 5.82 Å². The number of nitrogens with zero attached hydrogens (tertiary/aromatic N) is 4. The lowest BCUT2D eigenvalue weighted by Crippen LogP contribution is -2.22. The van der Waals surface area contributed by atoms with E-state index in [0.29, 0.717) is 28.9 Å². The maximum atomic E-state index is 13.4. The zero-order valence-electron chi connectivity index (χ0n) is 10.8. The van der Waals surface area contributed by atoms with Crippen molar-refractivity contribution in [2.75, 3.05) is 0 Å². The van der Waals surface area contributed by atoms with Crippen LogP contribution in [0.3, 0.4) is 0 Å². The van der Waals surface area contributed by atoms with Gasteiger partial charge in [-0.2, -0.15) is 0 Å². The summed E-state index contributed by atoms with van der Waals surface area (Å²) in [7, 11) is 0. The molecule has 9 heteroatoms. The van der Waals surface area contributed by atoms with Crippen LogP contribution in [0.4, 0.5) is 13.2 Å². The Labute approximate surface area is 120 Å². The van der Waals surface area contributed by atoms with Gasteiger partial charge in [-0.05, 0) is 25.1 Å². The van der Waals surface area contributed by atoms with Crippen molar-refractivity contribution in [3.63, 3.8) is 0 Å². The topological polar surface area (TPSA) is 52.7 Å². The van der Waals surface area contributed by atoms with Crippen molar-refractivity contribution in [1.29, 1.82) is 0 Å². The molecule has 0 amide bonds. The normalized spacial score (nSPS) is 11.7. The Morgan fingerprint density at radius 1 is 1.29 bits per heavy atom. The van der Waals surface area contributed by atoms with Gasteiger partial charge in [-0.3, -0.25) is 4.57 Å². The maximum absolute atomic E-state index is 13.4. The van der Waals surface area contributed by atoms with Crippen LogP contribution in [-0.2, 0) is 6.54 Å². The maximum Gasteiger partial charge on any atom is 0.335 e. The van der Waals surface area contributed by atoms with E-state index in [0.717, 1.165) is 0 Å². The van der Waals surface area contributed by atoms with Crippen LogP contribution >= 0.6 is 11.3 Å². The summed E-state index contributed by atoms with van der Waals surface area (Å²) in [5.41, 5.74) is 0.326. The number of hydrogen-bond donors (Lipinski definition) is 0. The molecule has 21 heavy (non-hydrogen) atoms. The summed E-state index contributed by atoms with van der Waals surface area (Å²) in [6.45, 7) is 2.06. The molecule has 0 saturated heterocycles. The molecule has 0 aliphatic rings. The summed E-state index contributed by atoms with van der Waals surface area (Å²) in [5, 5.41) is 6.58. The Bertz CT molecular complexity index is 867. The van der Waals surface area contributed by atoms with Crippen molar-refractivity contribution >= 4 is 22.4 Å². The average Bonchev–Trinajstić information content (AvgIpc) is 3.00. The highest BCUT2D eigenvalue weighted by Crippen LogP contribution is 2.26. The van der Waals surface area contributed by atoms with Crippen molar-refractivity contribution in [3.8, 4) is 5.13 Å². The second-order valence-corrected chi connectivity index (χ2v) is 5.21. The van der Waals surface area contributed by atoms with Gasteiger partial charge >= 0.3 is 5.69 Å². The van der Waals surface area contributed by atoms with Crippen LogP contribution in [0.25, 0.3) is 16.2 Å². The molecule has 0 aliphatic heterocycles. The molecule has 0 fully saturated rings. The zero-order valence-corrected chi connectivity index (χ0v) is 11.6. The Morgan fingerprint density at radius 2 is 2.05 bits per heavy atom. The van der Waals surface area contributed by atoms with E-state index < -0.39 is 22.9 Å². The van der Waals surface area contributed by atoms with Crippen molar-refractivity contribution in [3.05, 3.63) is 39.5 Å². The van der Waals surface area contributed by atoms with Crippen LogP contribution in [0.1, 0.15) is 18.4 Å². The number of aryl methyl sites for hydroxylation is 1. The van der Waals surface area contributed by atoms with Crippen LogP contribution in [0.5, 0.6) is 0 Å². The van der Waals surface area contributed by atoms with E-state index in [1.165, 1.54) is 27.3 Å². The van der Waals surface area contributed by atoms with Crippen LogP contribution in [0.15, 0.2) is 23.0 Å². The van der Waals surface area contributed by atoms with E-state index in [-0.39, 0.29) is 5.13 Å². The quantitative estimate of drug-likeness (QED) is 0.747. The van der Waals surface area contributed by atoms with Crippen molar-refractivity contribution < 1.29 is 13.2 Å². The number of aromatic nitrogens is 4. The third-order valence-electron chi connectivity index (χ3n) is 3.02. The minimum Gasteiger partial charge on any atom is -0.292 e. The van der Waals surface area contributed by atoms with Crippen molar-refractivity contribution in [2.24, 2.45) is 0 Å². The van der Waals surface area contributed by atoms with E-state index in [1.807, 2.05) is 0 Å². The summed E-state index contributed by atoms with van der Waals surface area (Å²) < 4.78 is 41.1. The lowest BCUT2D eigenvalue weighted by Gasteiger charge is -1.97. The summed E-state index contributed by atoms with van der Waals surface area (Å²) >= 11 is 0.635. The molecule has 0 radical (unpaired) electrons. The molecule has 0 unspecified atom stereocenters.